The molecule has 0 aliphatic carbocycles. The first-order valence-electron chi connectivity index (χ1n) is 9.19. The fourth-order valence-corrected chi connectivity index (χ4v) is 3.40. The Bertz CT molecular complexity index is 1130. The van der Waals surface area contributed by atoms with Gasteiger partial charge in [-0.15, -0.1) is 0 Å². The molecule has 0 spiro atoms. The zero-order chi connectivity index (χ0) is 20.4. The maximum atomic E-state index is 10.5. The average molecular weight is 409 g/mol. The Kier molecular flexibility index (Phi) is 5.29. The molecule has 0 fully saturated rings. The molecule has 3 aromatic rings. The van der Waals surface area contributed by atoms with Gasteiger partial charge in [0.05, 0.1) is 22.8 Å². The predicted molar refractivity (Wildman–Crippen MR) is 116 cm³/mol. The number of benzene rings is 2. The van der Waals surface area contributed by atoms with E-state index in [9.17, 15) is 5.11 Å². The molecule has 1 aromatic heterocycles. The number of allylic oxidation sites excluding steroid dienone is 1. The molecule has 1 atom stereocenters. The third-order valence-electron chi connectivity index (χ3n) is 4.75. The number of nitrogens with zero attached hydrogens (tertiary/aromatic N) is 1. The number of fused-ring (bicyclic) bond motifs is 1. The molecular weight excluding hydrogens is 388 g/mol. The SMILES string of the molecule is C=Cc1cc2nc(C3=C(NCC(O)c4cccc(Cl)c4)C=CNO3)[nH]c2cc1C. The Morgan fingerprint density at radius 3 is 3.00 bits per heavy atom. The summed E-state index contributed by atoms with van der Waals surface area (Å²) in [5.74, 6) is 1.09. The summed E-state index contributed by atoms with van der Waals surface area (Å²) in [5.41, 5.74) is 8.05. The number of aryl methyl sites for hydroxylation is 1. The van der Waals surface area contributed by atoms with Crippen LogP contribution in [0.4, 0.5) is 0 Å². The van der Waals surface area contributed by atoms with Crippen LogP contribution in [0.25, 0.3) is 22.9 Å². The summed E-state index contributed by atoms with van der Waals surface area (Å²) in [6.45, 7) is 6.16. The van der Waals surface area contributed by atoms with Crippen molar-refractivity contribution in [2.75, 3.05) is 6.54 Å². The quantitative estimate of drug-likeness (QED) is 0.491. The van der Waals surface area contributed by atoms with E-state index in [0.29, 0.717) is 22.3 Å². The lowest BCUT2D eigenvalue weighted by Crippen LogP contribution is -2.25. The number of aromatic amines is 1. The lowest BCUT2D eigenvalue weighted by Gasteiger charge is -2.19. The normalized spacial score (nSPS) is 14.4. The molecule has 1 aliphatic heterocycles. The fraction of sp³-hybridized carbons (Fsp3) is 0.136. The van der Waals surface area contributed by atoms with E-state index in [4.69, 9.17) is 16.4 Å². The first-order valence-corrected chi connectivity index (χ1v) is 9.56. The van der Waals surface area contributed by atoms with Crippen molar-refractivity contribution in [1.82, 2.24) is 20.8 Å². The second-order valence-corrected chi connectivity index (χ2v) is 7.20. The summed E-state index contributed by atoms with van der Waals surface area (Å²) >= 11 is 6.01. The van der Waals surface area contributed by atoms with Crippen LogP contribution in [0.2, 0.25) is 5.02 Å². The van der Waals surface area contributed by atoms with Gasteiger partial charge in [-0.05, 0) is 54.0 Å². The summed E-state index contributed by atoms with van der Waals surface area (Å²) in [4.78, 5) is 13.6. The molecule has 0 radical (unpaired) electrons. The molecule has 0 bridgehead atoms. The Labute approximate surface area is 173 Å². The molecule has 0 saturated carbocycles. The number of aromatic nitrogens is 2. The van der Waals surface area contributed by atoms with E-state index in [1.807, 2.05) is 43.3 Å². The number of H-pyrrole nitrogens is 1. The van der Waals surface area contributed by atoms with E-state index in [-0.39, 0.29) is 6.54 Å². The van der Waals surface area contributed by atoms with Gasteiger partial charge in [0.25, 0.3) is 0 Å². The summed E-state index contributed by atoms with van der Waals surface area (Å²) in [7, 11) is 0. The largest absolute Gasteiger partial charge is 0.387 e. The number of imidazole rings is 1. The average Bonchev–Trinajstić information content (AvgIpc) is 3.14. The number of nitrogens with one attached hydrogen (secondary N) is 3. The Morgan fingerprint density at radius 1 is 1.34 bits per heavy atom. The summed E-state index contributed by atoms with van der Waals surface area (Å²) in [5, 5.41) is 14.3. The first-order chi connectivity index (χ1) is 14.0. The van der Waals surface area contributed by atoms with Crippen LogP contribution < -0.4 is 10.8 Å². The van der Waals surface area contributed by atoms with Gasteiger partial charge < -0.3 is 20.2 Å². The zero-order valence-electron chi connectivity index (χ0n) is 15.9. The van der Waals surface area contributed by atoms with Crippen molar-refractivity contribution < 1.29 is 9.94 Å². The highest BCUT2D eigenvalue weighted by Crippen LogP contribution is 2.25. The third-order valence-corrected chi connectivity index (χ3v) is 4.98. The van der Waals surface area contributed by atoms with Crippen molar-refractivity contribution in [3.05, 3.63) is 88.5 Å². The van der Waals surface area contributed by atoms with Gasteiger partial charge in [-0.25, -0.2) is 10.5 Å². The van der Waals surface area contributed by atoms with E-state index >= 15 is 0 Å². The summed E-state index contributed by atoms with van der Waals surface area (Å²) in [6, 6.07) is 11.2. The monoisotopic (exact) mass is 408 g/mol. The van der Waals surface area contributed by atoms with Crippen LogP contribution in [0.15, 0.2) is 61.0 Å². The number of hydrogen-bond acceptors (Lipinski definition) is 5. The van der Waals surface area contributed by atoms with E-state index in [2.05, 4.69) is 27.3 Å². The van der Waals surface area contributed by atoms with Gasteiger partial charge in [-0.2, -0.15) is 0 Å². The molecule has 0 amide bonds. The molecule has 1 aliphatic rings. The lowest BCUT2D eigenvalue weighted by molar-refractivity contribution is 0.174. The topological polar surface area (TPSA) is 82.2 Å². The van der Waals surface area contributed by atoms with E-state index in [1.54, 1.807) is 18.3 Å². The first kappa shape index (κ1) is 19.1. The fourth-order valence-electron chi connectivity index (χ4n) is 3.20. The van der Waals surface area contributed by atoms with Crippen LogP contribution in [0.3, 0.4) is 0 Å². The van der Waals surface area contributed by atoms with E-state index in [0.717, 1.165) is 27.7 Å². The highest BCUT2D eigenvalue weighted by atomic mass is 35.5. The van der Waals surface area contributed by atoms with E-state index < -0.39 is 6.10 Å². The third kappa shape index (κ3) is 3.99. The molecular formula is C22H21ClN4O2. The van der Waals surface area contributed by atoms with Crippen molar-refractivity contribution in [2.24, 2.45) is 0 Å². The standard InChI is InChI=1S/C22H21ClN4O2/c1-3-14-11-19-18(9-13(14)2)26-22(27-19)21-17(7-8-25-29-21)24-12-20(28)15-5-4-6-16(23)10-15/h3-11,20,24-25,28H,1,12H2,2H3,(H,26,27). The second-order valence-electron chi connectivity index (χ2n) is 6.76. The van der Waals surface area contributed by atoms with Gasteiger partial charge in [0, 0.05) is 17.8 Å². The lowest BCUT2D eigenvalue weighted by atomic mass is 10.1. The van der Waals surface area contributed by atoms with Crippen molar-refractivity contribution in [1.29, 1.82) is 0 Å². The second kappa shape index (κ2) is 8.03. The molecule has 2 aromatic carbocycles. The number of rotatable bonds is 6. The number of hydrogen-bond donors (Lipinski definition) is 4. The Hall–Kier alpha value is -3.22. The Morgan fingerprint density at radius 2 is 2.21 bits per heavy atom. The molecule has 29 heavy (non-hydrogen) atoms. The number of hydroxylamine groups is 1. The van der Waals surface area contributed by atoms with Crippen molar-refractivity contribution in [2.45, 2.75) is 13.0 Å². The summed E-state index contributed by atoms with van der Waals surface area (Å²) < 4.78 is 0. The molecule has 6 nitrogen and oxygen atoms in total. The molecule has 0 saturated heterocycles. The molecule has 148 valence electrons. The smallest absolute Gasteiger partial charge is 0.220 e. The van der Waals surface area contributed by atoms with Gasteiger partial charge in [-0.3, -0.25) is 0 Å². The highest BCUT2D eigenvalue weighted by Gasteiger charge is 2.19. The van der Waals surface area contributed by atoms with Gasteiger partial charge in [-0.1, -0.05) is 36.4 Å². The minimum absolute atomic E-state index is 0.285. The molecule has 1 unspecified atom stereocenters. The molecule has 7 heteroatoms. The maximum Gasteiger partial charge on any atom is 0.220 e. The van der Waals surface area contributed by atoms with Crippen molar-refractivity contribution >= 4 is 34.5 Å². The highest BCUT2D eigenvalue weighted by molar-refractivity contribution is 6.30. The number of aliphatic hydroxyl groups excluding tert-OH is 1. The molecule has 4 rings (SSSR count). The maximum absolute atomic E-state index is 10.5. The van der Waals surface area contributed by atoms with Crippen molar-refractivity contribution in [3.8, 4) is 0 Å². The van der Waals surface area contributed by atoms with Crippen LogP contribution in [0.5, 0.6) is 0 Å². The van der Waals surface area contributed by atoms with E-state index in [1.165, 1.54) is 0 Å². The molecule has 4 N–H and O–H groups in total. The van der Waals surface area contributed by atoms with Gasteiger partial charge >= 0.3 is 0 Å². The minimum Gasteiger partial charge on any atom is -0.387 e. The van der Waals surface area contributed by atoms with Gasteiger partial charge in [0.15, 0.2) is 5.82 Å². The van der Waals surface area contributed by atoms with Crippen LogP contribution in [-0.2, 0) is 4.84 Å². The van der Waals surface area contributed by atoms with Crippen molar-refractivity contribution in [3.63, 3.8) is 0 Å². The van der Waals surface area contributed by atoms with Gasteiger partial charge in [0.2, 0.25) is 5.76 Å². The Balaban J connectivity index is 1.61. The van der Waals surface area contributed by atoms with Crippen LogP contribution >= 0.6 is 11.6 Å². The zero-order valence-corrected chi connectivity index (χ0v) is 16.6. The van der Waals surface area contributed by atoms with Crippen LogP contribution in [0.1, 0.15) is 28.6 Å². The van der Waals surface area contributed by atoms with Crippen LogP contribution in [0, 0.1) is 6.92 Å². The van der Waals surface area contributed by atoms with Crippen LogP contribution in [-0.4, -0.2) is 21.6 Å². The summed E-state index contributed by atoms with van der Waals surface area (Å²) in [6.07, 6.45) is 4.59. The molecule has 2 heterocycles. The van der Waals surface area contributed by atoms with Gasteiger partial charge in [0.1, 0.15) is 0 Å². The predicted octanol–water partition coefficient (Wildman–Crippen LogP) is 4.21. The minimum atomic E-state index is -0.723. The number of aliphatic hydroxyl groups is 1. The number of halogens is 1.